The minimum atomic E-state index is -0.760. The monoisotopic (exact) mass is 264 g/mol. The lowest BCUT2D eigenvalue weighted by molar-refractivity contribution is -0.120. The number of amides is 1. The second-order valence-electron chi connectivity index (χ2n) is 4.93. The summed E-state index contributed by atoms with van der Waals surface area (Å²) >= 11 is 0. The topological polar surface area (TPSA) is 81.6 Å². The van der Waals surface area contributed by atoms with Crippen molar-refractivity contribution < 1.29 is 15.0 Å². The van der Waals surface area contributed by atoms with Crippen LogP contribution in [0.15, 0.2) is 24.3 Å². The summed E-state index contributed by atoms with van der Waals surface area (Å²) in [5.74, 6) is 0.0684. The highest BCUT2D eigenvalue weighted by Crippen LogP contribution is 2.19. The van der Waals surface area contributed by atoms with E-state index in [-0.39, 0.29) is 12.5 Å². The maximum Gasteiger partial charge on any atom is 0.224 e. The largest absolute Gasteiger partial charge is 0.394 e. The molecule has 0 saturated heterocycles. The Morgan fingerprint density at radius 3 is 2.58 bits per heavy atom. The molecule has 1 aliphatic rings. The summed E-state index contributed by atoms with van der Waals surface area (Å²) in [7, 11) is 0. The number of hydrogen-bond donors (Lipinski definition) is 4. The molecule has 0 bridgehead atoms. The van der Waals surface area contributed by atoms with Gasteiger partial charge in [0, 0.05) is 18.3 Å². The van der Waals surface area contributed by atoms with E-state index in [1.807, 2.05) is 24.3 Å². The van der Waals surface area contributed by atoms with Gasteiger partial charge in [-0.15, -0.1) is 0 Å². The van der Waals surface area contributed by atoms with Crippen molar-refractivity contribution in [1.82, 2.24) is 5.32 Å². The van der Waals surface area contributed by atoms with Crippen molar-refractivity contribution in [3.63, 3.8) is 0 Å². The summed E-state index contributed by atoms with van der Waals surface area (Å²) in [6.07, 6.45) is 1.84. The number of carbonyl (C=O) groups is 1. The summed E-state index contributed by atoms with van der Waals surface area (Å²) in [6.45, 7) is 0.0461. The van der Waals surface area contributed by atoms with Gasteiger partial charge in [0.1, 0.15) is 0 Å². The predicted octanol–water partition coefficient (Wildman–Crippen LogP) is 0.273. The lowest BCUT2D eigenvalue weighted by atomic mass is 10.1. The minimum absolute atomic E-state index is 0.0684. The highest BCUT2D eigenvalue weighted by Gasteiger charge is 2.22. The average molecular weight is 264 g/mol. The first kappa shape index (κ1) is 13.8. The Labute approximate surface area is 112 Å². The SMILES string of the molecule is O=C(Cc1ccc(NCC(O)CO)cc1)NC1CC1. The van der Waals surface area contributed by atoms with Gasteiger partial charge < -0.3 is 20.8 Å². The van der Waals surface area contributed by atoms with Crippen LogP contribution in [0.1, 0.15) is 18.4 Å². The van der Waals surface area contributed by atoms with E-state index in [0.717, 1.165) is 24.1 Å². The summed E-state index contributed by atoms with van der Waals surface area (Å²) in [5.41, 5.74) is 1.82. The van der Waals surface area contributed by atoms with Crippen molar-refractivity contribution in [3.8, 4) is 0 Å². The molecule has 4 N–H and O–H groups in total. The normalized spacial score (nSPS) is 15.9. The molecule has 1 atom stereocenters. The Kier molecular flexibility index (Phi) is 4.76. The first-order valence-corrected chi connectivity index (χ1v) is 6.58. The van der Waals surface area contributed by atoms with E-state index in [1.165, 1.54) is 0 Å². The molecule has 0 spiro atoms. The third-order valence-corrected chi connectivity index (χ3v) is 3.01. The summed E-state index contributed by atoms with van der Waals surface area (Å²) in [4.78, 5) is 11.6. The van der Waals surface area contributed by atoms with Gasteiger partial charge in [-0.05, 0) is 30.5 Å². The van der Waals surface area contributed by atoms with Crippen LogP contribution in [-0.4, -0.2) is 41.4 Å². The molecule has 1 aliphatic carbocycles. The molecule has 104 valence electrons. The van der Waals surface area contributed by atoms with Gasteiger partial charge in [0.2, 0.25) is 5.91 Å². The molecule has 19 heavy (non-hydrogen) atoms. The highest BCUT2D eigenvalue weighted by atomic mass is 16.3. The zero-order chi connectivity index (χ0) is 13.7. The first-order valence-electron chi connectivity index (χ1n) is 6.58. The fraction of sp³-hybridized carbons (Fsp3) is 0.500. The second kappa shape index (κ2) is 6.54. The van der Waals surface area contributed by atoms with Gasteiger partial charge in [-0.2, -0.15) is 0 Å². The fourth-order valence-corrected chi connectivity index (χ4v) is 1.73. The maximum absolute atomic E-state index is 11.6. The van der Waals surface area contributed by atoms with Crippen LogP contribution in [0.3, 0.4) is 0 Å². The van der Waals surface area contributed by atoms with Crippen molar-refractivity contribution >= 4 is 11.6 Å². The van der Waals surface area contributed by atoms with Gasteiger partial charge >= 0.3 is 0 Å². The van der Waals surface area contributed by atoms with E-state index in [4.69, 9.17) is 5.11 Å². The Hall–Kier alpha value is -1.59. The van der Waals surface area contributed by atoms with Gasteiger partial charge in [-0.3, -0.25) is 4.79 Å². The van der Waals surface area contributed by atoms with Crippen LogP contribution in [0.5, 0.6) is 0 Å². The zero-order valence-electron chi connectivity index (χ0n) is 10.8. The predicted molar refractivity (Wildman–Crippen MR) is 72.9 cm³/mol. The smallest absolute Gasteiger partial charge is 0.224 e. The van der Waals surface area contributed by atoms with Crippen LogP contribution in [0, 0.1) is 0 Å². The quantitative estimate of drug-likeness (QED) is 0.570. The van der Waals surface area contributed by atoms with Crippen molar-refractivity contribution in [2.45, 2.75) is 31.4 Å². The number of hydrogen-bond acceptors (Lipinski definition) is 4. The van der Waals surface area contributed by atoms with Gasteiger partial charge in [-0.25, -0.2) is 0 Å². The van der Waals surface area contributed by atoms with Crippen molar-refractivity contribution in [3.05, 3.63) is 29.8 Å². The Bertz CT molecular complexity index is 415. The molecule has 1 aromatic carbocycles. The third-order valence-electron chi connectivity index (χ3n) is 3.01. The van der Waals surface area contributed by atoms with Crippen molar-refractivity contribution in [2.75, 3.05) is 18.5 Å². The number of rotatable bonds is 7. The molecule has 0 heterocycles. The minimum Gasteiger partial charge on any atom is -0.394 e. The van der Waals surface area contributed by atoms with Crippen LogP contribution in [0.4, 0.5) is 5.69 Å². The molecular weight excluding hydrogens is 244 g/mol. The highest BCUT2D eigenvalue weighted by molar-refractivity contribution is 5.79. The second-order valence-corrected chi connectivity index (χ2v) is 4.93. The Morgan fingerprint density at radius 1 is 1.32 bits per heavy atom. The van der Waals surface area contributed by atoms with E-state index in [0.29, 0.717) is 19.0 Å². The Balaban J connectivity index is 1.78. The third kappa shape index (κ3) is 4.89. The van der Waals surface area contributed by atoms with Gasteiger partial charge in [0.25, 0.3) is 0 Å². The van der Waals surface area contributed by atoms with E-state index >= 15 is 0 Å². The van der Waals surface area contributed by atoms with Crippen LogP contribution >= 0.6 is 0 Å². The molecule has 1 fully saturated rings. The molecule has 1 amide bonds. The van der Waals surface area contributed by atoms with Crippen LogP contribution in [0.2, 0.25) is 0 Å². The van der Waals surface area contributed by atoms with Crippen LogP contribution in [0.25, 0.3) is 0 Å². The van der Waals surface area contributed by atoms with Gasteiger partial charge in [0.05, 0.1) is 19.1 Å². The molecule has 0 aliphatic heterocycles. The molecule has 1 unspecified atom stereocenters. The average Bonchev–Trinajstić information content (AvgIpc) is 3.21. The lowest BCUT2D eigenvalue weighted by Gasteiger charge is -2.10. The maximum atomic E-state index is 11.6. The van der Waals surface area contributed by atoms with Crippen LogP contribution < -0.4 is 10.6 Å². The summed E-state index contributed by atoms with van der Waals surface area (Å²) in [5, 5.41) is 23.9. The van der Waals surface area contributed by atoms with Crippen LogP contribution in [-0.2, 0) is 11.2 Å². The number of aliphatic hydroxyl groups is 2. The fourth-order valence-electron chi connectivity index (χ4n) is 1.73. The molecule has 1 aromatic rings. The standard InChI is InChI=1S/C14H20N2O3/c17-9-13(18)8-15-11-3-1-10(2-4-11)7-14(19)16-12-5-6-12/h1-4,12-13,15,17-18H,5-9H2,(H,16,19). The zero-order valence-corrected chi connectivity index (χ0v) is 10.8. The summed E-state index contributed by atoms with van der Waals surface area (Å²) in [6, 6.07) is 7.90. The Morgan fingerprint density at radius 2 is 2.00 bits per heavy atom. The summed E-state index contributed by atoms with van der Waals surface area (Å²) < 4.78 is 0. The lowest BCUT2D eigenvalue weighted by Crippen LogP contribution is -2.26. The molecular formula is C14H20N2O3. The molecule has 2 rings (SSSR count). The van der Waals surface area contributed by atoms with Gasteiger partial charge in [-0.1, -0.05) is 12.1 Å². The molecule has 5 heteroatoms. The molecule has 1 saturated carbocycles. The molecule has 0 radical (unpaired) electrons. The number of benzene rings is 1. The molecule has 5 nitrogen and oxygen atoms in total. The first-order chi connectivity index (χ1) is 9.17. The number of aliphatic hydroxyl groups excluding tert-OH is 2. The van der Waals surface area contributed by atoms with E-state index in [2.05, 4.69) is 10.6 Å². The number of anilines is 1. The number of nitrogens with one attached hydrogen (secondary N) is 2. The van der Waals surface area contributed by atoms with Gasteiger partial charge in [0.15, 0.2) is 0 Å². The van der Waals surface area contributed by atoms with E-state index in [1.54, 1.807) is 0 Å². The van der Waals surface area contributed by atoms with E-state index in [9.17, 15) is 9.90 Å². The van der Waals surface area contributed by atoms with E-state index < -0.39 is 6.10 Å². The van der Waals surface area contributed by atoms with Crippen molar-refractivity contribution in [2.24, 2.45) is 0 Å². The van der Waals surface area contributed by atoms with Crippen molar-refractivity contribution in [1.29, 1.82) is 0 Å². The number of carbonyl (C=O) groups excluding carboxylic acids is 1. The molecule has 0 aromatic heterocycles.